The minimum absolute atomic E-state index is 0.256. The Hall–Kier alpha value is -1.42. The largest absolute Gasteiger partial charge is 0.417 e. The molecule has 0 aliphatic rings. The molecule has 2 aromatic rings. The van der Waals surface area contributed by atoms with E-state index in [0.29, 0.717) is 11.5 Å². The fourth-order valence-electron chi connectivity index (χ4n) is 2.88. The molecule has 0 aliphatic heterocycles. The third-order valence-electron chi connectivity index (χ3n) is 5.82. The van der Waals surface area contributed by atoms with E-state index in [9.17, 15) is 0 Å². The van der Waals surface area contributed by atoms with Gasteiger partial charge in [0, 0.05) is 29.5 Å². The summed E-state index contributed by atoms with van der Waals surface area (Å²) < 4.78 is 9.47. The number of rotatable bonds is 8. The topological polar surface area (TPSA) is 50.8 Å². The smallest absolute Gasteiger partial charge is 0.191 e. The van der Waals surface area contributed by atoms with Gasteiger partial charge < -0.3 is 8.99 Å². The second-order valence-electron chi connectivity index (χ2n) is 9.02. The van der Waals surface area contributed by atoms with E-state index in [1.807, 2.05) is 30.7 Å². The molecule has 0 radical (unpaired) electrons. The van der Waals surface area contributed by atoms with Crippen molar-refractivity contribution in [2.24, 2.45) is 0 Å². The standard InChI is InChI=1S/C22H32BrN3OSi/c1-17(8-7-11-27-28(5,6)22(2,3)4)21-14-25-16-26(21)15-19-10-9-18(13-24)12-20(19)23/h9-10,12,14,16-17H,7-8,11,15H2,1-6H3. The van der Waals surface area contributed by atoms with Gasteiger partial charge in [-0.1, -0.05) is 49.7 Å². The molecular formula is C22H32BrN3OSi. The molecule has 1 atom stereocenters. The fourth-order valence-corrected chi connectivity index (χ4v) is 4.48. The number of hydrogen-bond donors (Lipinski definition) is 0. The van der Waals surface area contributed by atoms with Gasteiger partial charge in [0.05, 0.1) is 18.0 Å². The van der Waals surface area contributed by atoms with E-state index in [1.165, 1.54) is 5.69 Å². The first-order chi connectivity index (χ1) is 13.0. The Morgan fingerprint density at radius 2 is 2.04 bits per heavy atom. The maximum Gasteiger partial charge on any atom is 0.191 e. The Labute approximate surface area is 179 Å². The van der Waals surface area contributed by atoms with Crippen molar-refractivity contribution in [3.8, 4) is 6.07 Å². The van der Waals surface area contributed by atoms with Crippen molar-refractivity contribution in [2.75, 3.05) is 6.61 Å². The molecule has 0 bridgehead atoms. The van der Waals surface area contributed by atoms with Crippen molar-refractivity contribution in [1.29, 1.82) is 5.26 Å². The number of nitriles is 1. The highest BCUT2D eigenvalue weighted by Gasteiger charge is 2.36. The maximum atomic E-state index is 9.03. The monoisotopic (exact) mass is 461 g/mol. The fraction of sp³-hybridized carbons (Fsp3) is 0.545. The summed E-state index contributed by atoms with van der Waals surface area (Å²) in [4.78, 5) is 4.37. The SMILES string of the molecule is CC(CCCO[Si](C)(C)C(C)(C)C)c1cncn1Cc1ccc(C#N)cc1Br. The zero-order valence-corrected chi connectivity index (χ0v) is 20.5. The Balaban J connectivity index is 1.95. The number of hydrogen-bond acceptors (Lipinski definition) is 3. The molecule has 0 saturated carbocycles. The molecule has 1 heterocycles. The van der Waals surface area contributed by atoms with Gasteiger partial charge in [0.15, 0.2) is 8.32 Å². The molecule has 0 N–H and O–H groups in total. The van der Waals surface area contributed by atoms with E-state index in [2.05, 4.69) is 72.3 Å². The molecule has 28 heavy (non-hydrogen) atoms. The first-order valence-electron chi connectivity index (χ1n) is 9.87. The normalized spacial score (nSPS) is 13.4. The van der Waals surface area contributed by atoms with Gasteiger partial charge in [-0.2, -0.15) is 5.26 Å². The van der Waals surface area contributed by atoms with Crippen molar-refractivity contribution in [3.05, 3.63) is 52.0 Å². The van der Waals surface area contributed by atoms with Crippen LogP contribution in [0.15, 0.2) is 35.2 Å². The van der Waals surface area contributed by atoms with Crippen LogP contribution in [0.2, 0.25) is 18.1 Å². The lowest BCUT2D eigenvalue weighted by molar-refractivity contribution is 0.275. The highest BCUT2D eigenvalue weighted by atomic mass is 79.9. The summed E-state index contributed by atoms with van der Waals surface area (Å²) in [6.45, 7) is 15.3. The van der Waals surface area contributed by atoms with Crippen LogP contribution in [0, 0.1) is 11.3 Å². The molecule has 0 aliphatic carbocycles. The number of halogens is 1. The van der Waals surface area contributed by atoms with Crippen LogP contribution < -0.4 is 0 Å². The lowest BCUT2D eigenvalue weighted by Gasteiger charge is -2.36. The average Bonchev–Trinajstić information content (AvgIpc) is 3.07. The maximum absolute atomic E-state index is 9.03. The Bertz CT molecular complexity index is 833. The van der Waals surface area contributed by atoms with Crippen LogP contribution in [0.3, 0.4) is 0 Å². The van der Waals surface area contributed by atoms with Crippen LogP contribution in [0.4, 0.5) is 0 Å². The predicted octanol–water partition coefficient (Wildman–Crippen LogP) is 6.47. The van der Waals surface area contributed by atoms with Crippen molar-refractivity contribution in [1.82, 2.24) is 9.55 Å². The van der Waals surface area contributed by atoms with Gasteiger partial charge in [0.25, 0.3) is 0 Å². The van der Waals surface area contributed by atoms with Crippen LogP contribution in [-0.4, -0.2) is 24.5 Å². The third-order valence-corrected chi connectivity index (χ3v) is 11.1. The first kappa shape index (κ1) is 22.9. The summed E-state index contributed by atoms with van der Waals surface area (Å²) in [5, 5.41) is 9.29. The van der Waals surface area contributed by atoms with Crippen molar-refractivity contribution in [3.63, 3.8) is 0 Å². The summed E-state index contributed by atoms with van der Waals surface area (Å²) in [6.07, 6.45) is 5.99. The van der Waals surface area contributed by atoms with E-state index in [0.717, 1.165) is 36.0 Å². The van der Waals surface area contributed by atoms with E-state index in [-0.39, 0.29) is 5.04 Å². The number of nitrogens with zero attached hydrogens (tertiary/aromatic N) is 3. The molecule has 0 saturated heterocycles. The molecule has 152 valence electrons. The van der Waals surface area contributed by atoms with Crippen molar-refractivity contribution < 1.29 is 4.43 Å². The van der Waals surface area contributed by atoms with Gasteiger partial charge in [-0.25, -0.2) is 4.98 Å². The Morgan fingerprint density at radius 3 is 2.64 bits per heavy atom. The van der Waals surface area contributed by atoms with Gasteiger partial charge in [0.2, 0.25) is 0 Å². The summed E-state index contributed by atoms with van der Waals surface area (Å²) in [6, 6.07) is 7.91. The van der Waals surface area contributed by atoms with Crippen LogP contribution in [0.1, 0.15) is 63.3 Å². The predicted molar refractivity (Wildman–Crippen MR) is 121 cm³/mol. The van der Waals surface area contributed by atoms with Gasteiger partial charge in [-0.3, -0.25) is 0 Å². The van der Waals surface area contributed by atoms with E-state index < -0.39 is 8.32 Å². The Morgan fingerprint density at radius 1 is 1.32 bits per heavy atom. The molecule has 6 heteroatoms. The van der Waals surface area contributed by atoms with E-state index in [4.69, 9.17) is 9.69 Å². The minimum atomic E-state index is -1.66. The van der Waals surface area contributed by atoms with Gasteiger partial charge in [-0.15, -0.1) is 0 Å². The molecule has 4 nitrogen and oxygen atoms in total. The summed E-state index contributed by atoms with van der Waals surface area (Å²) in [7, 11) is -1.66. The van der Waals surface area contributed by atoms with Crippen LogP contribution in [-0.2, 0) is 11.0 Å². The van der Waals surface area contributed by atoms with E-state index in [1.54, 1.807) is 0 Å². The molecule has 2 rings (SSSR count). The second kappa shape index (κ2) is 9.38. The summed E-state index contributed by atoms with van der Waals surface area (Å²) in [5.41, 5.74) is 3.05. The van der Waals surface area contributed by atoms with Gasteiger partial charge in [0.1, 0.15) is 0 Å². The first-order valence-corrected chi connectivity index (χ1v) is 13.6. The van der Waals surface area contributed by atoms with E-state index >= 15 is 0 Å². The molecule has 1 unspecified atom stereocenters. The molecule has 1 aromatic carbocycles. The number of imidazole rings is 1. The van der Waals surface area contributed by atoms with Gasteiger partial charge >= 0.3 is 0 Å². The van der Waals surface area contributed by atoms with Crippen LogP contribution >= 0.6 is 15.9 Å². The average molecular weight is 463 g/mol. The highest BCUT2D eigenvalue weighted by molar-refractivity contribution is 9.10. The van der Waals surface area contributed by atoms with Crippen molar-refractivity contribution >= 4 is 24.2 Å². The number of benzene rings is 1. The lowest BCUT2D eigenvalue weighted by Crippen LogP contribution is -2.41. The van der Waals surface area contributed by atoms with Crippen LogP contribution in [0.5, 0.6) is 0 Å². The molecule has 0 fully saturated rings. The number of aromatic nitrogens is 2. The summed E-state index contributed by atoms with van der Waals surface area (Å²) >= 11 is 3.58. The van der Waals surface area contributed by atoms with Crippen LogP contribution in [0.25, 0.3) is 0 Å². The second-order valence-corrected chi connectivity index (χ2v) is 14.7. The Kier molecular flexibility index (Phi) is 7.66. The lowest BCUT2D eigenvalue weighted by atomic mass is 10.0. The van der Waals surface area contributed by atoms with Crippen molar-refractivity contribution in [2.45, 2.75) is 71.1 Å². The summed E-state index contributed by atoms with van der Waals surface area (Å²) in [5.74, 6) is 0.419. The quantitative estimate of drug-likeness (QED) is 0.334. The zero-order valence-electron chi connectivity index (χ0n) is 17.9. The highest BCUT2D eigenvalue weighted by Crippen LogP contribution is 2.36. The minimum Gasteiger partial charge on any atom is -0.417 e. The molecule has 0 amide bonds. The molecular weight excluding hydrogens is 430 g/mol. The van der Waals surface area contributed by atoms with Gasteiger partial charge in [-0.05, 0) is 54.6 Å². The molecule has 0 spiro atoms. The third kappa shape index (κ3) is 5.79. The molecule has 1 aromatic heterocycles. The zero-order chi connectivity index (χ0) is 20.9.